The Hall–Kier alpha value is -3.42. The summed E-state index contributed by atoms with van der Waals surface area (Å²) in [5, 5.41) is 0. The molecule has 5 rings (SSSR count). The molecule has 31 heavy (non-hydrogen) atoms. The molecule has 7 heteroatoms. The van der Waals surface area contributed by atoms with Gasteiger partial charge in [0.2, 0.25) is 11.6 Å². The van der Waals surface area contributed by atoms with Crippen molar-refractivity contribution in [1.29, 1.82) is 0 Å². The summed E-state index contributed by atoms with van der Waals surface area (Å²) in [4.78, 5) is 41.1. The van der Waals surface area contributed by atoms with Crippen LogP contribution in [0.2, 0.25) is 0 Å². The largest absolute Gasteiger partial charge is 0.335 e. The van der Waals surface area contributed by atoms with Gasteiger partial charge in [-0.1, -0.05) is 59.9 Å². The molecule has 1 aliphatic carbocycles. The summed E-state index contributed by atoms with van der Waals surface area (Å²) >= 11 is 2.60. The van der Waals surface area contributed by atoms with Gasteiger partial charge in [-0.25, -0.2) is 4.98 Å². The van der Waals surface area contributed by atoms with Crippen LogP contribution in [-0.4, -0.2) is 26.5 Å². The number of nitrogens with zero attached hydrogens (tertiary/aromatic N) is 2. The third-order valence-electron chi connectivity index (χ3n) is 4.64. The number of carbonyl (C=O) groups is 2. The second-order valence-corrected chi connectivity index (χ2v) is 8.86. The number of hydrogen-bond acceptors (Lipinski definition) is 6. The summed E-state index contributed by atoms with van der Waals surface area (Å²) in [5.41, 5.74) is 1.15. The van der Waals surface area contributed by atoms with Gasteiger partial charge in [0, 0.05) is 27.7 Å². The van der Waals surface area contributed by atoms with E-state index in [4.69, 9.17) is 0 Å². The molecule has 0 amide bonds. The van der Waals surface area contributed by atoms with Gasteiger partial charge in [0.25, 0.3) is 0 Å². The summed E-state index contributed by atoms with van der Waals surface area (Å²) in [6, 6.07) is 22.7. The van der Waals surface area contributed by atoms with E-state index in [-0.39, 0.29) is 23.0 Å². The number of pyridine rings is 1. The molecule has 2 aromatic carbocycles. The zero-order valence-corrected chi connectivity index (χ0v) is 17.7. The normalized spacial score (nSPS) is 13.4. The van der Waals surface area contributed by atoms with E-state index in [9.17, 15) is 9.59 Å². The molecular weight excluding hydrogens is 426 g/mol. The molecule has 1 aliphatic rings. The summed E-state index contributed by atoms with van der Waals surface area (Å²) in [6.07, 6.45) is 3.29. The fourth-order valence-electron chi connectivity index (χ4n) is 3.17. The van der Waals surface area contributed by atoms with E-state index < -0.39 is 0 Å². The Morgan fingerprint density at radius 3 is 1.81 bits per heavy atom. The van der Waals surface area contributed by atoms with Crippen molar-refractivity contribution in [3.05, 3.63) is 106 Å². The maximum Gasteiger partial charge on any atom is 0.221 e. The van der Waals surface area contributed by atoms with Gasteiger partial charge in [-0.3, -0.25) is 14.6 Å². The lowest BCUT2D eigenvalue weighted by Crippen LogP contribution is -2.19. The minimum atomic E-state index is -0.251. The summed E-state index contributed by atoms with van der Waals surface area (Å²) < 4.78 is 0. The number of ketones is 2. The Bertz CT molecular complexity index is 1220. The Kier molecular flexibility index (Phi) is 5.28. The monoisotopic (exact) mass is 441 g/mol. The van der Waals surface area contributed by atoms with Crippen molar-refractivity contribution >= 4 is 35.1 Å². The molecule has 0 saturated carbocycles. The van der Waals surface area contributed by atoms with Crippen LogP contribution in [0.3, 0.4) is 0 Å². The first-order chi connectivity index (χ1) is 15.2. The lowest BCUT2D eigenvalue weighted by molar-refractivity contribution is 0.0983. The van der Waals surface area contributed by atoms with E-state index >= 15 is 0 Å². The lowest BCUT2D eigenvalue weighted by Gasteiger charge is -2.17. The number of benzene rings is 2. The summed E-state index contributed by atoms with van der Waals surface area (Å²) in [5.74, 6) is -0.00254. The van der Waals surface area contributed by atoms with E-state index in [1.54, 1.807) is 24.5 Å². The molecule has 5 nitrogen and oxygen atoms in total. The predicted molar refractivity (Wildman–Crippen MR) is 122 cm³/mol. The quantitative estimate of drug-likeness (QED) is 0.431. The first-order valence-electron chi connectivity index (χ1n) is 9.50. The number of Topliss-reactive ketones (excluding diaryl/α,β-unsaturated/α-hetero) is 2. The molecule has 0 aliphatic heterocycles. The molecule has 0 bridgehead atoms. The minimum Gasteiger partial charge on any atom is -0.335 e. The minimum absolute atomic E-state index is 0.160. The molecule has 1 N–H and O–H groups in total. The van der Waals surface area contributed by atoms with Gasteiger partial charge in [0.15, 0.2) is 0 Å². The highest BCUT2D eigenvalue weighted by Gasteiger charge is 2.36. The Morgan fingerprint density at radius 2 is 1.23 bits per heavy atom. The van der Waals surface area contributed by atoms with Crippen molar-refractivity contribution in [2.24, 2.45) is 0 Å². The SMILES string of the molecule is O=C1C(Sc2ccccc2)=C(Sc2ccccc2)C(=O)c2[nH]c(-c3ccncc3)nc21. The van der Waals surface area contributed by atoms with Crippen LogP contribution in [0.25, 0.3) is 11.4 Å². The number of hydrogen-bond donors (Lipinski definition) is 1. The Labute approximate surface area is 187 Å². The fourth-order valence-corrected chi connectivity index (χ4v) is 5.24. The number of nitrogens with one attached hydrogen (secondary N) is 1. The number of fused-ring (bicyclic) bond motifs is 1. The smallest absolute Gasteiger partial charge is 0.221 e. The maximum absolute atomic E-state index is 13.5. The molecule has 0 radical (unpaired) electrons. The Morgan fingerprint density at radius 1 is 0.677 bits per heavy atom. The number of imidazole rings is 1. The molecule has 0 spiro atoms. The van der Waals surface area contributed by atoms with Crippen LogP contribution in [0.1, 0.15) is 21.0 Å². The van der Waals surface area contributed by atoms with Gasteiger partial charge in [0.1, 0.15) is 17.2 Å². The lowest BCUT2D eigenvalue weighted by atomic mass is 10.1. The molecule has 2 aromatic heterocycles. The number of thioether (sulfide) groups is 2. The average molecular weight is 442 g/mol. The third-order valence-corrected chi connectivity index (χ3v) is 6.98. The summed E-state index contributed by atoms with van der Waals surface area (Å²) in [7, 11) is 0. The molecule has 2 heterocycles. The first kappa shape index (κ1) is 19.5. The van der Waals surface area contributed by atoms with Crippen LogP contribution in [0.4, 0.5) is 0 Å². The van der Waals surface area contributed by atoms with E-state index in [1.165, 1.54) is 23.5 Å². The van der Waals surface area contributed by atoms with Crippen molar-refractivity contribution < 1.29 is 9.59 Å². The zero-order chi connectivity index (χ0) is 21.2. The highest BCUT2D eigenvalue weighted by Crippen LogP contribution is 2.43. The predicted octanol–water partition coefficient (Wildman–Crippen LogP) is 5.65. The van der Waals surface area contributed by atoms with Crippen molar-refractivity contribution in [2.45, 2.75) is 9.79 Å². The van der Waals surface area contributed by atoms with Gasteiger partial charge < -0.3 is 4.98 Å². The highest BCUT2D eigenvalue weighted by atomic mass is 32.2. The zero-order valence-electron chi connectivity index (χ0n) is 16.1. The molecule has 4 aromatic rings. The highest BCUT2D eigenvalue weighted by molar-refractivity contribution is 8.08. The fraction of sp³-hybridized carbons (Fsp3) is 0. The molecule has 0 atom stereocenters. The van der Waals surface area contributed by atoms with Crippen molar-refractivity contribution in [3.63, 3.8) is 0 Å². The Balaban J connectivity index is 1.61. The third kappa shape index (κ3) is 3.85. The number of rotatable bonds is 5. The second kappa shape index (κ2) is 8.37. The molecule has 0 saturated heterocycles. The van der Waals surface area contributed by atoms with Crippen LogP contribution in [-0.2, 0) is 0 Å². The standard InChI is InChI=1S/C24H15N3O2S2/c28-20-18-19(27-24(26-18)15-11-13-25-14-12-15)21(29)23(31-17-9-5-2-6-10-17)22(20)30-16-7-3-1-4-8-16/h1-14H,(H,26,27). The molecule has 150 valence electrons. The summed E-state index contributed by atoms with van der Waals surface area (Å²) in [6.45, 7) is 0. The van der Waals surface area contributed by atoms with E-state index in [2.05, 4.69) is 15.0 Å². The van der Waals surface area contributed by atoms with Gasteiger partial charge >= 0.3 is 0 Å². The number of H-pyrrole nitrogens is 1. The van der Waals surface area contributed by atoms with Gasteiger partial charge in [-0.2, -0.15) is 0 Å². The number of aromatic amines is 1. The first-order valence-corrected chi connectivity index (χ1v) is 11.1. The number of allylic oxidation sites excluding steroid dienone is 2. The van der Waals surface area contributed by atoms with Gasteiger partial charge in [-0.15, -0.1) is 0 Å². The number of aromatic nitrogens is 3. The second-order valence-electron chi connectivity index (χ2n) is 6.69. The molecule has 0 unspecified atom stereocenters. The van der Waals surface area contributed by atoms with Crippen LogP contribution in [0, 0.1) is 0 Å². The van der Waals surface area contributed by atoms with Crippen molar-refractivity contribution in [2.75, 3.05) is 0 Å². The molecule has 0 fully saturated rings. The van der Waals surface area contributed by atoms with Crippen molar-refractivity contribution in [1.82, 2.24) is 15.0 Å². The number of carbonyl (C=O) groups excluding carboxylic acids is 2. The van der Waals surface area contributed by atoms with Gasteiger partial charge in [-0.05, 0) is 36.4 Å². The van der Waals surface area contributed by atoms with E-state index in [0.29, 0.717) is 15.6 Å². The van der Waals surface area contributed by atoms with Crippen LogP contribution in [0.5, 0.6) is 0 Å². The molecular formula is C24H15N3O2S2. The van der Waals surface area contributed by atoms with Crippen LogP contribution < -0.4 is 0 Å². The van der Waals surface area contributed by atoms with Crippen molar-refractivity contribution in [3.8, 4) is 11.4 Å². The topological polar surface area (TPSA) is 75.7 Å². The van der Waals surface area contributed by atoms with Crippen LogP contribution >= 0.6 is 23.5 Å². The van der Waals surface area contributed by atoms with E-state index in [0.717, 1.165) is 15.4 Å². The van der Waals surface area contributed by atoms with E-state index in [1.807, 2.05) is 60.7 Å². The average Bonchev–Trinajstić information content (AvgIpc) is 3.28. The van der Waals surface area contributed by atoms with Crippen LogP contribution in [0.15, 0.2) is 105 Å². The maximum atomic E-state index is 13.5. The van der Waals surface area contributed by atoms with Gasteiger partial charge in [0.05, 0.1) is 9.81 Å².